The number of fused-ring (bicyclic) bond motifs is 3. The summed E-state index contributed by atoms with van der Waals surface area (Å²) in [5, 5.41) is 2.09. The number of benzene rings is 1. The van der Waals surface area contributed by atoms with Crippen molar-refractivity contribution >= 4 is 0 Å². The Kier molecular flexibility index (Phi) is 2.67. The number of hydrogen-bond acceptors (Lipinski definition) is 3. The second kappa shape index (κ2) is 4.17. The van der Waals surface area contributed by atoms with Crippen molar-refractivity contribution in [1.82, 2.24) is 5.06 Å². The Morgan fingerprint density at radius 3 is 3.19 bits per heavy atom. The van der Waals surface area contributed by atoms with Gasteiger partial charge in [0.1, 0.15) is 0 Å². The molecule has 3 nitrogen and oxygen atoms in total. The standard InChI is InChI=1S/C13H17NO2/c1-2-15-13-9-12-11-6-4-3-5-10(11)7-8-14(12)16-13/h3-6,12-13H,2,7-9H2,1H3. The van der Waals surface area contributed by atoms with E-state index in [4.69, 9.17) is 9.57 Å². The van der Waals surface area contributed by atoms with Gasteiger partial charge in [0.15, 0.2) is 6.29 Å². The average molecular weight is 219 g/mol. The van der Waals surface area contributed by atoms with Gasteiger partial charge in [-0.05, 0) is 24.5 Å². The zero-order chi connectivity index (χ0) is 11.0. The SMILES string of the molecule is CCOC1CC2c3ccccc3CCN2O1. The Hall–Kier alpha value is -0.900. The second-order valence-electron chi connectivity index (χ2n) is 4.33. The summed E-state index contributed by atoms with van der Waals surface area (Å²) in [5.41, 5.74) is 2.88. The summed E-state index contributed by atoms with van der Waals surface area (Å²) >= 11 is 0. The Labute approximate surface area is 95.9 Å². The van der Waals surface area contributed by atoms with Crippen LogP contribution in [0.2, 0.25) is 0 Å². The van der Waals surface area contributed by atoms with Crippen LogP contribution in [0.3, 0.4) is 0 Å². The summed E-state index contributed by atoms with van der Waals surface area (Å²) in [6.45, 7) is 3.70. The number of ether oxygens (including phenoxy) is 1. The van der Waals surface area contributed by atoms with Crippen molar-refractivity contribution in [3.05, 3.63) is 35.4 Å². The Morgan fingerprint density at radius 2 is 2.31 bits per heavy atom. The molecule has 2 heterocycles. The first-order valence-corrected chi connectivity index (χ1v) is 6.01. The molecule has 2 unspecified atom stereocenters. The molecule has 0 spiro atoms. The zero-order valence-corrected chi connectivity index (χ0v) is 9.56. The highest BCUT2D eigenvalue weighted by atomic mass is 16.8. The van der Waals surface area contributed by atoms with E-state index in [9.17, 15) is 0 Å². The third kappa shape index (κ3) is 1.65. The molecule has 2 atom stereocenters. The Morgan fingerprint density at radius 1 is 1.44 bits per heavy atom. The molecule has 1 aromatic rings. The Bertz CT molecular complexity index is 380. The molecule has 1 saturated heterocycles. The monoisotopic (exact) mass is 219 g/mol. The largest absolute Gasteiger partial charge is 0.351 e. The normalized spacial score (nSPS) is 28.8. The minimum atomic E-state index is -0.0545. The summed E-state index contributed by atoms with van der Waals surface area (Å²) in [7, 11) is 0. The quantitative estimate of drug-likeness (QED) is 0.761. The Balaban J connectivity index is 1.84. The van der Waals surface area contributed by atoms with Crippen molar-refractivity contribution in [2.75, 3.05) is 13.2 Å². The summed E-state index contributed by atoms with van der Waals surface area (Å²) in [5.74, 6) is 0. The van der Waals surface area contributed by atoms with Crippen molar-refractivity contribution in [2.24, 2.45) is 0 Å². The first-order valence-electron chi connectivity index (χ1n) is 6.01. The highest BCUT2D eigenvalue weighted by Gasteiger charge is 2.38. The first kappa shape index (κ1) is 10.3. The van der Waals surface area contributed by atoms with Crippen LogP contribution in [-0.4, -0.2) is 24.5 Å². The van der Waals surface area contributed by atoms with E-state index in [1.54, 1.807) is 0 Å². The van der Waals surface area contributed by atoms with E-state index < -0.39 is 0 Å². The maximum Gasteiger partial charge on any atom is 0.179 e. The van der Waals surface area contributed by atoms with Crippen LogP contribution >= 0.6 is 0 Å². The summed E-state index contributed by atoms with van der Waals surface area (Å²) < 4.78 is 5.55. The van der Waals surface area contributed by atoms with E-state index in [0.29, 0.717) is 12.6 Å². The molecule has 0 amide bonds. The summed E-state index contributed by atoms with van der Waals surface area (Å²) in [4.78, 5) is 5.77. The lowest BCUT2D eigenvalue weighted by Gasteiger charge is -2.29. The van der Waals surface area contributed by atoms with Gasteiger partial charge in [-0.1, -0.05) is 24.3 Å². The van der Waals surface area contributed by atoms with Crippen molar-refractivity contribution in [3.8, 4) is 0 Å². The molecular formula is C13H17NO2. The number of rotatable bonds is 2. The van der Waals surface area contributed by atoms with Gasteiger partial charge in [-0.3, -0.25) is 4.84 Å². The fourth-order valence-electron chi connectivity index (χ4n) is 2.66. The minimum Gasteiger partial charge on any atom is -0.351 e. The zero-order valence-electron chi connectivity index (χ0n) is 9.56. The van der Waals surface area contributed by atoms with E-state index in [-0.39, 0.29) is 6.29 Å². The number of nitrogens with zero attached hydrogens (tertiary/aromatic N) is 1. The van der Waals surface area contributed by atoms with Crippen LogP contribution in [0.15, 0.2) is 24.3 Å². The van der Waals surface area contributed by atoms with Crippen LogP contribution in [-0.2, 0) is 16.0 Å². The molecule has 0 bridgehead atoms. The van der Waals surface area contributed by atoms with Gasteiger partial charge in [0.2, 0.25) is 0 Å². The van der Waals surface area contributed by atoms with E-state index in [0.717, 1.165) is 19.4 Å². The molecule has 0 saturated carbocycles. The van der Waals surface area contributed by atoms with Gasteiger partial charge in [-0.25, -0.2) is 0 Å². The molecule has 0 aliphatic carbocycles. The maximum atomic E-state index is 5.77. The molecule has 2 aliphatic heterocycles. The smallest absolute Gasteiger partial charge is 0.179 e. The van der Waals surface area contributed by atoms with E-state index >= 15 is 0 Å². The van der Waals surface area contributed by atoms with E-state index in [1.807, 2.05) is 6.92 Å². The van der Waals surface area contributed by atoms with Gasteiger partial charge in [0.25, 0.3) is 0 Å². The van der Waals surface area contributed by atoms with E-state index in [2.05, 4.69) is 29.3 Å². The van der Waals surface area contributed by atoms with Crippen molar-refractivity contribution in [2.45, 2.75) is 32.1 Å². The molecule has 3 rings (SSSR count). The topological polar surface area (TPSA) is 21.7 Å². The molecule has 0 N–H and O–H groups in total. The fraction of sp³-hybridized carbons (Fsp3) is 0.538. The van der Waals surface area contributed by atoms with Crippen LogP contribution < -0.4 is 0 Å². The third-order valence-corrected chi connectivity index (χ3v) is 3.38. The number of hydroxylamine groups is 2. The average Bonchev–Trinajstić information content (AvgIpc) is 2.72. The van der Waals surface area contributed by atoms with Crippen molar-refractivity contribution in [3.63, 3.8) is 0 Å². The molecule has 16 heavy (non-hydrogen) atoms. The lowest BCUT2D eigenvalue weighted by Crippen LogP contribution is -2.30. The molecular weight excluding hydrogens is 202 g/mol. The van der Waals surface area contributed by atoms with Crippen molar-refractivity contribution in [1.29, 1.82) is 0 Å². The lowest BCUT2D eigenvalue weighted by molar-refractivity contribution is -0.240. The van der Waals surface area contributed by atoms with Gasteiger partial charge in [-0.2, -0.15) is 5.06 Å². The molecule has 1 aromatic carbocycles. The van der Waals surface area contributed by atoms with Crippen molar-refractivity contribution < 1.29 is 9.57 Å². The predicted molar refractivity (Wildman–Crippen MR) is 60.7 cm³/mol. The van der Waals surface area contributed by atoms with Crippen LogP contribution in [0.1, 0.15) is 30.5 Å². The van der Waals surface area contributed by atoms with Crippen LogP contribution in [0.5, 0.6) is 0 Å². The molecule has 0 radical (unpaired) electrons. The third-order valence-electron chi connectivity index (χ3n) is 3.38. The maximum absolute atomic E-state index is 5.77. The van der Waals surface area contributed by atoms with Crippen LogP contribution in [0.4, 0.5) is 0 Å². The minimum absolute atomic E-state index is 0.0545. The molecule has 0 aromatic heterocycles. The predicted octanol–water partition coefficient (Wildman–Crippen LogP) is 2.28. The number of hydrogen-bond donors (Lipinski definition) is 0. The molecule has 1 fully saturated rings. The van der Waals surface area contributed by atoms with Gasteiger partial charge >= 0.3 is 0 Å². The van der Waals surface area contributed by atoms with Gasteiger partial charge in [0, 0.05) is 19.6 Å². The van der Waals surface area contributed by atoms with Crippen LogP contribution in [0.25, 0.3) is 0 Å². The van der Waals surface area contributed by atoms with E-state index in [1.165, 1.54) is 11.1 Å². The first-order chi connectivity index (χ1) is 7.88. The highest BCUT2D eigenvalue weighted by molar-refractivity contribution is 5.32. The summed E-state index contributed by atoms with van der Waals surface area (Å²) in [6, 6.07) is 9.05. The second-order valence-corrected chi connectivity index (χ2v) is 4.33. The highest BCUT2D eigenvalue weighted by Crippen LogP contribution is 2.39. The van der Waals surface area contributed by atoms with Crippen LogP contribution in [0, 0.1) is 0 Å². The molecule has 2 aliphatic rings. The summed E-state index contributed by atoms with van der Waals surface area (Å²) in [6.07, 6.45) is 1.97. The molecule has 3 heteroatoms. The molecule has 86 valence electrons. The lowest BCUT2D eigenvalue weighted by atomic mass is 9.93. The van der Waals surface area contributed by atoms with Gasteiger partial charge < -0.3 is 4.74 Å². The van der Waals surface area contributed by atoms with Gasteiger partial charge in [0.05, 0.1) is 6.04 Å². The fourth-order valence-corrected chi connectivity index (χ4v) is 2.66. The van der Waals surface area contributed by atoms with Gasteiger partial charge in [-0.15, -0.1) is 0 Å².